The summed E-state index contributed by atoms with van der Waals surface area (Å²) >= 11 is 0. The highest BCUT2D eigenvalue weighted by molar-refractivity contribution is 5.76. The normalized spacial score (nSPS) is 22.8. The minimum Gasteiger partial charge on any atom is -0.481 e. The van der Waals surface area contributed by atoms with Crippen LogP contribution in [-0.2, 0) is 4.79 Å². The van der Waals surface area contributed by atoms with Gasteiger partial charge in [-0.1, -0.05) is 18.2 Å². The summed E-state index contributed by atoms with van der Waals surface area (Å²) in [7, 11) is 0. The first-order valence-electron chi connectivity index (χ1n) is 5.20. The fraction of sp³-hybridized carbons (Fsp3) is 0.455. The zero-order valence-corrected chi connectivity index (χ0v) is 8.98. The van der Waals surface area contributed by atoms with E-state index in [1.54, 1.807) is 18.2 Å². The van der Waals surface area contributed by atoms with Crippen molar-refractivity contribution in [1.29, 1.82) is 0 Å². The quantitative estimate of drug-likeness (QED) is 0.479. The van der Waals surface area contributed by atoms with E-state index in [0.29, 0.717) is 19.4 Å². The van der Waals surface area contributed by atoms with Crippen LogP contribution in [0.4, 0.5) is 4.79 Å². The van der Waals surface area contributed by atoms with Crippen molar-refractivity contribution in [3.63, 3.8) is 0 Å². The van der Waals surface area contributed by atoms with Gasteiger partial charge in [0.15, 0.2) is 0 Å². The minimum absolute atomic E-state index is 0.190. The Balaban J connectivity index is 2.24. The molecule has 16 heavy (non-hydrogen) atoms. The van der Waals surface area contributed by atoms with Gasteiger partial charge in [-0.2, -0.15) is 0 Å². The average molecular weight is 224 g/mol. The molecule has 0 aromatic rings. The number of aliphatic carboxylic acids is 1. The Morgan fingerprint density at radius 2 is 2.25 bits per heavy atom. The summed E-state index contributed by atoms with van der Waals surface area (Å²) in [5, 5.41) is 14.1. The number of nitrogens with one attached hydrogen (secondary N) is 2. The van der Waals surface area contributed by atoms with Crippen LogP contribution in [0.25, 0.3) is 0 Å². The van der Waals surface area contributed by atoms with Gasteiger partial charge in [-0.05, 0) is 12.8 Å². The number of rotatable bonds is 5. The predicted molar refractivity (Wildman–Crippen MR) is 60.0 cm³/mol. The molecular formula is C11H16N2O3. The lowest BCUT2D eigenvalue weighted by Crippen LogP contribution is -2.41. The summed E-state index contributed by atoms with van der Waals surface area (Å²) in [6.45, 7) is 4.08. The number of amides is 2. The highest BCUT2D eigenvalue weighted by Crippen LogP contribution is 2.17. The second-order valence-electron chi connectivity index (χ2n) is 3.65. The van der Waals surface area contributed by atoms with Crippen molar-refractivity contribution in [2.24, 2.45) is 5.92 Å². The molecule has 0 radical (unpaired) electrons. The van der Waals surface area contributed by atoms with E-state index in [1.165, 1.54) is 0 Å². The SMILES string of the molecule is C=CCCNC(=O)NC1C=CC(C(=O)O)C1. The number of carboxylic acids is 1. The summed E-state index contributed by atoms with van der Waals surface area (Å²) in [5.74, 6) is -1.34. The first kappa shape index (κ1) is 12.3. The van der Waals surface area contributed by atoms with Crippen molar-refractivity contribution in [2.45, 2.75) is 18.9 Å². The van der Waals surface area contributed by atoms with E-state index >= 15 is 0 Å². The molecule has 0 aliphatic heterocycles. The first-order chi connectivity index (χ1) is 7.63. The van der Waals surface area contributed by atoms with E-state index in [9.17, 15) is 9.59 Å². The van der Waals surface area contributed by atoms with E-state index in [2.05, 4.69) is 17.2 Å². The molecule has 2 amide bonds. The Kier molecular flexibility index (Phi) is 4.57. The zero-order chi connectivity index (χ0) is 12.0. The molecule has 5 nitrogen and oxygen atoms in total. The average Bonchev–Trinajstić information content (AvgIpc) is 2.66. The third-order valence-electron chi connectivity index (χ3n) is 2.35. The molecule has 0 spiro atoms. The Bertz CT molecular complexity index is 312. The molecule has 5 heteroatoms. The summed E-state index contributed by atoms with van der Waals surface area (Å²) < 4.78 is 0. The number of urea groups is 1. The molecule has 0 fully saturated rings. The molecule has 1 rings (SSSR count). The lowest BCUT2D eigenvalue weighted by Gasteiger charge is -2.12. The van der Waals surface area contributed by atoms with E-state index in [4.69, 9.17) is 5.11 Å². The molecule has 0 aromatic heterocycles. The zero-order valence-electron chi connectivity index (χ0n) is 8.98. The first-order valence-corrected chi connectivity index (χ1v) is 5.20. The molecule has 0 saturated heterocycles. The number of hydrogen-bond donors (Lipinski definition) is 3. The van der Waals surface area contributed by atoms with Crippen LogP contribution in [0.3, 0.4) is 0 Å². The second-order valence-corrected chi connectivity index (χ2v) is 3.65. The van der Waals surface area contributed by atoms with E-state index in [0.717, 1.165) is 0 Å². The van der Waals surface area contributed by atoms with Gasteiger partial charge >= 0.3 is 12.0 Å². The van der Waals surface area contributed by atoms with Gasteiger partial charge in [0, 0.05) is 6.54 Å². The summed E-state index contributed by atoms with van der Waals surface area (Å²) in [4.78, 5) is 22.0. The van der Waals surface area contributed by atoms with Crippen molar-refractivity contribution in [2.75, 3.05) is 6.54 Å². The Morgan fingerprint density at radius 3 is 2.81 bits per heavy atom. The van der Waals surface area contributed by atoms with Crippen molar-refractivity contribution < 1.29 is 14.7 Å². The van der Waals surface area contributed by atoms with Crippen molar-refractivity contribution in [1.82, 2.24) is 10.6 Å². The smallest absolute Gasteiger partial charge is 0.315 e. The lowest BCUT2D eigenvalue weighted by molar-refractivity contribution is -0.140. The number of carbonyl (C=O) groups is 2. The molecular weight excluding hydrogens is 208 g/mol. The van der Waals surface area contributed by atoms with Crippen LogP contribution in [0.15, 0.2) is 24.8 Å². The largest absolute Gasteiger partial charge is 0.481 e. The van der Waals surface area contributed by atoms with Crippen LogP contribution in [0.1, 0.15) is 12.8 Å². The maximum Gasteiger partial charge on any atom is 0.315 e. The molecule has 1 aliphatic carbocycles. The van der Waals surface area contributed by atoms with Crippen molar-refractivity contribution >= 4 is 12.0 Å². The Labute approximate surface area is 94.2 Å². The Hall–Kier alpha value is -1.78. The maximum atomic E-state index is 11.3. The molecule has 88 valence electrons. The molecule has 2 atom stereocenters. The van der Waals surface area contributed by atoms with Crippen LogP contribution in [0.5, 0.6) is 0 Å². The van der Waals surface area contributed by atoms with E-state index in [-0.39, 0.29) is 12.1 Å². The monoisotopic (exact) mass is 224 g/mol. The molecule has 3 N–H and O–H groups in total. The standard InChI is InChI=1S/C11H16N2O3/c1-2-3-6-12-11(16)13-9-5-4-8(7-9)10(14)15/h2,4-5,8-9H,1,3,6-7H2,(H,14,15)(H2,12,13,16). The van der Waals surface area contributed by atoms with Gasteiger partial charge in [0.1, 0.15) is 0 Å². The van der Waals surface area contributed by atoms with Crippen LogP contribution in [0, 0.1) is 5.92 Å². The van der Waals surface area contributed by atoms with Crippen molar-refractivity contribution in [3.8, 4) is 0 Å². The van der Waals surface area contributed by atoms with Crippen molar-refractivity contribution in [3.05, 3.63) is 24.8 Å². The fourth-order valence-corrected chi connectivity index (χ4v) is 1.50. The molecule has 0 heterocycles. The van der Waals surface area contributed by atoms with Gasteiger partial charge in [-0.15, -0.1) is 6.58 Å². The lowest BCUT2D eigenvalue weighted by atomic mass is 10.1. The number of carbonyl (C=O) groups excluding carboxylic acids is 1. The minimum atomic E-state index is -0.854. The third kappa shape index (κ3) is 3.76. The molecule has 0 bridgehead atoms. The molecule has 2 unspecified atom stereocenters. The van der Waals surface area contributed by atoms with Gasteiger partial charge in [0.05, 0.1) is 12.0 Å². The van der Waals surface area contributed by atoms with Gasteiger partial charge in [-0.25, -0.2) is 4.79 Å². The van der Waals surface area contributed by atoms with Crippen LogP contribution in [-0.4, -0.2) is 29.7 Å². The van der Waals surface area contributed by atoms with Gasteiger partial charge in [0.25, 0.3) is 0 Å². The maximum absolute atomic E-state index is 11.3. The molecule has 0 saturated carbocycles. The van der Waals surface area contributed by atoms with Crippen LogP contribution in [0.2, 0.25) is 0 Å². The van der Waals surface area contributed by atoms with E-state index in [1.807, 2.05) is 0 Å². The highest BCUT2D eigenvalue weighted by Gasteiger charge is 2.25. The van der Waals surface area contributed by atoms with Crippen LogP contribution < -0.4 is 10.6 Å². The third-order valence-corrected chi connectivity index (χ3v) is 2.35. The summed E-state index contributed by atoms with van der Waals surface area (Å²) in [5.41, 5.74) is 0. The number of carboxylic acid groups (broad SMARTS) is 1. The van der Waals surface area contributed by atoms with Gasteiger partial charge in [-0.3, -0.25) is 4.79 Å². The molecule has 1 aliphatic rings. The Morgan fingerprint density at radius 1 is 1.50 bits per heavy atom. The predicted octanol–water partition coefficient (Wildman–Crippen LogP) is 0.891. The number of hydrogen-bond acceptors (Lipinski definition) is 2. The fourth-order valence-electron chi connectivity index (χ4n) is 1.50. The van der Waals surface area contributed by atoms with Gasteiger partial charge < -0.3 is 15.7 Å². The molecule has 0 aromatic carbocycles. The summed E-state index contributed by atoms with van der Waals surface area (Å²) in [6, 6.07) is -0.465. The summed E-state index contributed by atoms with van der Waals surface area (Å²) in [6.07, 6.45) is 6.18. The second kappa shape index (κ2) is 5.95. The van der Waals surface area contributed by atoms with Crippen LogP contribution >= 0.6 is 0 Å². The van der Waals surface area contributed by atoms with Gasteiger partial charge in [0.2, 0.25) is 0 Å². The van der Waals surface area contributed by atoms with E-state index < -0.39 is 11.9 Å². The topological polar surface area (TPSA) is 78.4 Å². The highest BCUT2D eigenvalue weighted by atomic mass is 16.4.